The predicted molar refractivity (Wildman–Crippen MR) is 82.0 cm³/mol. The highest BCUT2D eigenvalue weighted by atomic mass is 16.6. The first kappa shape index (κ1) is 16.0. The number of hydrogen-bond donors (Lipinski definition) is 1. The van der Waals surface area contributed by atoms with Crippen LogP contribution in [0.4, 0.5) is 5.95 Å². The van der Waals surface area contributed by atoms with Crippen molar-refractivity contribution in [1.29, 1.82) is 0 Å². The van der Waals surface area contributed by atoms with Crippen LogP contribution in [0.1, 0.15) is 12.5 Å². The Bertz CT molecular complexity index is 637. The summed E-state index contributed by atoms with van der Waals surface area (Å²) in [6, 6.07) is 7.68. The van der Waals surface area contributed by atoms with Gasteiger partial charge in [-0.15, -0.1) is 5.10 Å². The maximum atomic E-state index is 11.7. The number of nitrogens with two attached hydrogens (primary N) is 1. The summed E-state index contributed by atoms with van der Waals surface area (Å²) in [5.74, 6) is 0.564. The number of rotatable bonds is 6. The van der Waals surface area contributed by atoms with Crippen LogP contribution in [0.15, 0.2) is 24.3 Å². The van der Waals surface area contributed by atoms with E-state index in [4.69, 9.17) is 15.2 Å². The number of methoxy groups -OCH3 is 1. The Morgan fingerprint density at radius 2 is 2.05 bits per heavy atom. The third-order valence-electron chi connectivity index (χ3n) is 3.24. The summed E-state index contributed by atoms with van der Waals surface area (Å²) >= 11 is 0. The molecule has 0 radical (unpaired) electrons. The number of esters is 1. The number of carbonyl (C=O) groups excluding carboxylic acids is 1. The molecule has 0 unspecified atom stereocenters. The van der Waals surface area contributed by atoms with Gasteiger partial charge < -0.3 is 15.2 Å². The molecule has 1 aromatic carbocycles. The first-order valence-electron chi connectivity index (χ1n) is 7.00. The molecule has 0 bridgehead atoms. The Kier molecular flexibility index (Phi) is 5.11. The fourth-order valence-corrected chi connectivity index (χ4v) is 2.20. The average Bonchev–Trinajstić information content (AvgIpc) is 2.85. The number of hydrogen-bond acceptors (Lipinski definition) is 6. The molecule has 2 rings (SSSR count). The molecule has 1 aromatic heterocycles. The molecular formula is C15H20N4O3. The smallest absolute Gasteiger partial charge is 0.335 e. The molecule has 1 heterocycles. The molecule has 7 heteroatoms. The van der Waals surface area contributed by atoms with Crippen molar-refractivity contribution < 1.29 is 14.3 Å². The fourth-order valence-electron chi connectivity index (χ4n) is 2.20. The lowest BCUT2D eigenvalue weighted by Gasteiger charge is -2.14. The van der Waals surface area contributed by atoms with Crippen LogP contribution in [0.3, 0.4) is 0 Å². The van der Waals surface area contributed by atoms with Gasteiger partial charge in [0.2, 0.25) is 5.95 Å². The molecule has 0 fully saturated rings. The first-order chi connectivity index (χ1) is 10.5. The standard InChI is InChI=1S/C15H20N4O3/c1-4-22-12(14(20)21-3)9-10-5-7-11(8-6-10)13-17-15(16)18-19(13)2/h5-8,12H,4,9H2,1-3H3,(H2,16,18)/t12-/m0/s1. The van der Waals surface area contributed by atoms with E-state index >= 15 is 0 Å². The molecule has 0 saturated carbocycles. The van der Waals surface area contributed by atoms with Gasteiger partial charge in [-0.1, -0.05) is 24.3 Å². The van der Waals surface area contributed by atoms with Gasteiger partial charge in [0.05, 0.1) is 7.11 Å². The van der Waals surface area contributed by atoms with Crippen molar-refractivity contribution in [1.82, 2.24) is 14.8 Å². The zero-order valence-corrected chi connectivity index (χ0v) is 12.9. The van der Waals surface area contributed by atoms with Gasteiger partial charge in [-0.3, -0.25) is 0 Å². The Labute approximate surface area is 129 Å². The van der Waals surface area contributed by atoms with E-state index in [1.807, 2.05) is 31.2 Å². The van der Waals surface area contributed by atoms with Crippen LogP contribution in [0, 0.1) is 0 Å². The minimum absolute atomic E-state index is 0.240. The molecule has 7 nitrogen and oxygen atoms in total. The van der Waals surface area contributed by atoms with Crippen molar-refractivity contribution >= 4 is 11.9 Å². The maximum absolute atomic E-state index is 11.7. The second-order valence-electron chi connectivity index (χ2n) is 4.79. The second-order valence-corrected chi connectivity index (χ2v) is 4.79. The van der Waals surface area contributed by atoms with Gasteiger partial charge in [0, 0.05) is 25.6 Å². The third-order valence-corrected chi connectivity index (χ3v) is 3.24. The molecule has 0 amide bonds. The summed E-state index contributed by atoms with van der Waals surface area (Å²) in [6.45, 7) is 2.30. The van der Waals surface area contributed by atoms with Crippen molar-refractivity contribution in [3.8, 4) is 11.4 Å². The molecule has 118 valence electrons. The summed E-state index contributed by atoms with van der Waals surface area (Å²) in [4.78, 5) is 15.8. The Hall–Kier alpha value is -2.41. The van der Waals surface area contributed by atoms with Crippen LogP contribution < -0.4 is 5.73 Å². The lowest BCUT2D eigenvalue weighted by Crippen LogP contribution is -2.28. The molecule has 0 saturated heterocycles. The number of nitrogens with zero attached hydrogens (tertiary/aromatic N) is 3. The van der Waals surface area contributed by atoms with Crippen LogP contribution in [0.5, 0.6) is 0 Å². The van der Waals surface area contributed by atoms with Gasteiger partial charge in [-0.25, -0.2) is 9.48 Å². The van der Waals surface area contributed by atoms with E-state index < -0.39 is 6.10 Å². The lowest BCUT2D eigenvalue weighted by molar-refractivity contribution is -0.153. The highest BCUT2D eigenvalue weighted by molar-refractivity contribution is 5.75. The van der Waals surface area contributed by atoms with Gasteiger partial charge in [0.1, 0.15) is 0 Å². The summed E-state index contributed by atoms with van der Waals surface area (Å²) in [5.41, 5.74) is 7.46. The number of aryl methyl sites for hydroxylation is 1. The Balaban J connectivity index is 2.14. The average molecular weight is 304 g/mol. The second kappa shape index (κ2) is 7.04. The van der Waals surface area contributed by atoms with Gasteiger partial charge in [0.15, 0.2) is 11.9 Å². The van der Waals surface area contributed by atoms with Crippen molar-refractivity contribution in [2.75, 3.05) is 19.5 Å². The molecule has 0 spiro atoms. The van der Waals surface area contributed by atoms with Crippen molar-refractivity contribution in [2.45, 2.75) is 19.4 Å². The third kappa shape index (κ3) is 3.62. The van der Waals surface area contributed by atoms with E-state index in [1.54, 1.807) is 11.7 Å². The minimum Gasteiger partial charge on any atom is -0.467 e. The number of aromatic nitrogens is 3. The quantitative estimate of drug-likeness (QED) is 0.806. The SMILES string of the molecule is CCO[C@@H](Cc1ccc(-c2nc(N)nn2C)cc1)C(=O)OC. The summed E-state index contributed by atoms with van der Waals surface area (Å²) < 4.78 is 11.8. The number of carbonyl (C=O) groups is 1. The van der Waals surface area contributed by atoms with E-state index in [1.165, 1.54) is 7.11 Å². The Morgan fingerprint density at radius 1 is 1.36 bits per heavy atom. The van der Waals surface area contributed by atoms with Gasteiger partial charge >= 0.3 is 5.97 Å². The summed E-state index contributed by atoms with van der Waals surface area (Å²) in [6.07, 6.45) is -0.131. The van der Waals surface area contributed by atoms with Crippen molar-refractivity contribution in [3.05, 3.63) is 29.8 Å². The normalized spacial score (nSPS) is 12.1. The lowest BCUT2D eigenvalue weighted by atomic mass is 10.1. The monoisotopic (exact) mass is 304 g/mol. The van der Waals surface area contributed by atoms with Crippen LogP contribution in [0.25, 0.3) is 11.4 Å². The molecule has 2 N–H and O–H groups in total. The fraction of sp³-hybridized carbons (Fsp3) is 0.400. The summed E-state index contributed by atoms with van der Waals surface area (Å²) in [5, 5.41) is 4.02. The van der Waals surface area contributed by atoms with E-state index in [0.29, 0.717) is 18.9 Å². The van der Waals surface area contributed by atoms with E-state index in [2.05, 4.69) is 10.1 Å². The van der Waals surface area contributed by atoms with E-state index in [0.717, 1.165) is 11.1 Å². The van der Waals surface area contributed by atoms with Crippen LogP contribution in [-0.2, 0) is 27.7 Å². The van der Waals surface area contributed by atoms with Crippen molar-refractivity contribution in [3.63, 3.8) is 0 Å². The van der Waals surface area contributed by atoms with Crippen LogP contribution in [-0.4, -0.2) is 40.6 Å². The maximum Gasteiger partial charge on any atom is 0.335 e. The predicted octanol–water partition coefficient (Wildman–Crippen LogP) is 1.18. The zero-order valence-electron chi connectivity index (χ0n) is 12.9. The Morgan fingerprint density at radius 3 is 2.55 bits per heavy atom. The van der Waals surface area contributed by atoms with Gasteiger partial charge in [-0.2, -0.15) is 4.98 Å². The molecule has 0 aliphatic rings. The molecule has 0 aliphatic carbocycles. The minimum atomic E-state index is -0.591. The first-order valence-corrected chi connectivity index (χ1v) is 7.00. The molecule has 2 aromatic rings. The highest BCUT2D eigenvalue weighted by Crippen LogP contribution is 2.19. The van der Waals surface area contributed by atoms with E-state index in [9.17, 15) is 4.79 Å². The van der Waals surface area contributed by atoms with E-state index in [-0.39, 0.29) is 11.9 Å². The molecule has 22 heavy (non-hydrogen) atoms. The molecular weight excluding hydrogens is 284 g/mol. The largest absolute Gasteiger partial charge is 0.467 e. The summed E-state index contributed by atoms with van der Waals surface area (Å²) in [7, 11) is 3.14. The number of anilines is 1. The van der Waals surface area contributed by atoms with Crippen LogP contribution >= 0.6 is 0 Å². The van der Waals surface area contributed by atoms with Gasteiger partial charge in [0.25, 0.3) is 0 Å². The van der Waals surface area contributed by atoms with Crippen LogP contribution in [0.2, 0.25) is 0 Å². The highest BCUT2D eigenvalue weighted by Gasteiger charge is 2.19. The number of nitrogen functional groups attached to an aromatic ring is 1. The number of ether oxygens (including phenoxy) is 2. The topological polar surface area (TPSA) is 92.3 Å². The molecule has 0 aliphatic heterocycles. The molecule has 1 atom stereocenters. The van der Waals surface area contributed by atoms with Gasteiger partial charge in [-0.05, 0) is 12.5 Å². The number of benzene rings is 1. The van der Waals surface area contributed by atoms with Crippen molar-refractivity contribution in [2.24, 2.45) is 7.05 Å². The zero-order chi connectivity index (χ0) is 16.1.